The van der Waals surface area contributed by atoms with Crippen molar-refractivity contribution in [3.63, 3.8) is 0 Å². The standard InChI is InChI=1S/C12H14ClN5O/c1-3-7-9(14)10(18-17-7)12(19)16-8-4-6(2)5-15-11(8)13/h4-5H,3,14H2,1-2H3,(H,16,19)(H,17,18). The molecule has 0 unspecified atom stereocenters. The van der Waals surface area contributed by atoms with Gasteiger partial charge in [-0.2, -0.15) is 5.10 Å². The minimum Gasteiger partial charge on any atom is -0.395 e. The Labute approximate surface area is 115 Å². The predicted molar refractivity (Wildman–Crippen MR) is 74.3 cm³/mol. The van der Waals surface area contributed by atoms with Gasteiger partial charge in [0, 0.05) is 6.20 Å². The zero-order valence-corrected chi connectivity index (χ0v) is 11.4. The largest absolute Gasteiger partial charge is 0.395 e. The summed E-state index contributed by atoms with van der Waals surface area (Å²) in [6.45, 7) is 3.78. The zero-order valence-electron chi connectivity index (χ0n) is 10.6. The SMILES string of the molecule is CCc1[nH]nc(C(=O)Nc2cc(C)cnc2Cl)c1N. The fourth-order valence-corrected chi connectivity index (χ4v) is 1.80. The number of hydrogen-bond acceptors (Lipinski definition) is 4. The summed E-state index contributed by atoms with van der Waals surface area (Å²) in [6.07, 6.45) is 2.30. The van der Waals surface area contributed by atoms with Gasteiger partial charge >= 0.3 is 0 Å². The van der Waals surface area contributed by atoms with Crippen LogP contribution in [0.15, 0.2) is 12.3 Å². The van der Waals surface area contributed by atoms with Crippen LogP contribution in [0.3, 0.4) is 0 Å². The van der Waals surface area contributed by atoms with Crippen molar-refractivity contribution in [2.75, 3.05) is 11.1 Å². The Kier molecular flexibility index (Phi) is 3.71. The normalized spacial score (nSPS) is 10.5. The number of aryl methyl sites for hydroxylation is 2. The first-order valence-corrected chi connectivity index (χ1v) is 6.17. The van der Waals surface area contributed by atoms with Crippen LogP contribution in [0.2, 0.25) is 5.15 Å². The fraction of sp³-hybridized carbons (Fsp3) is 0.250. The summed E-state index contributed by atoms with van der Waals surface area (Å²) >= 11 is 5.91. The Morgan fingerprint density at radius 1 is 1.58 bits per heavy atom. The lowest BCUT2D eigenvalue weighted by molar-refractivity contribution is 0.102. The van der Waals surface area contributed by atoms with Gasteiger partial charge in [0.1, 0.15) is 0 Å². The molecule has 0 fully saturated rings. The van der Waals surface area contributed by atoms with Gasteiger partial charge in [0.15, 0.2) is 10.8 Å². The Bertz CT molecular complexity index is 623. The molecule has 0 aliphatic rings. The third kappa shape index (κ3) is 2.68. The average Bonchev–Trinajstić information content (AvgIpc) is 2.75. The first kappa shape index (κ1) is 13.4. The van der Waals surface area contributed by atoms with Crippen LogP contribution in [0, 0.1) is 6.92 Å². The van der Waals surface area contributed by atoms with Gasteiger partial charge in [-0.3, -0.25) is 9.89 Å². The van der Waals surface area contributed by atoms with E-state index in [2.05, 4.69) is 20.5 Å². The molecule has 100 valence electrons. The number of H-pyrrole nitrogens is 1. The number of amides is 1. The van der Waals surface area contributed by atoms with Crippen LogP contribution >= 0.6 is 11.6 Å². The second-order valence-electron chi connectivity index (χ2n) is 4.12. The zero-order chi connectivity index (χ0) is 14.0. The van der Waals surface area contributed by atoms with Gasteiger partial charge < -0.3 is 11.1 Å². The molecule has 0 aliphatic heterocycles. The molecule has 0 bridgehead atoms. The van der Waals surface area contributed by atoms with Crippen LogP contribution in [0.25, 0.3) is 0 Å². The Hall–Kier alpha value is -2.08. The molecule has 0 saturated heterocycles. The van der Waals surface area contributed by atoms with E-state index in [1.54, 1.807) is 12.3 Å². The topological polar surface area (TPSA) is 96.7 Å². The molecule has 0 saturated carbocycles. The van der Waals surface area contributed by atoms with Crippen molar-refractivity contribution in [3.8, 4) is 0 Å². The number of anilines is 2. The molecule has 0 aliphatic carbocycles. The highest BCUT2D eigenvalue weighted by Crippen LogP contribution is 2.22. The molecule has 0 radical (unpaired) electrons. The van der Waals surface area contributed by atoms with Gasteiger partial charge in [0.05, 0.1) is 17.1 Å². The number of nitrogens with one attached hydrogen (secondary N) is 2. The third-order valence-electron chi connectivity index (χ3n) is 2.68. The van der Waals surface area contributed by atoms with E-state index in [4.69, 9.17) is 17.3 Å². The van der Waals surface area contributed by atoms with Crippen molar-refractivity contribution in [3.05, 3.63) is 34.4 Å². The Morgan fingerprint density at radius 3 is 2.95 bits per heavy atom. The number of rotatable bonds is 3. The molecule has 6 nitrogen and oxygen atoms in total. The lowest BCUT2D eigenvalue weighted by Crippen LogP contribution is -2.15. The van der Waals surface area contributed by atoms with E-state index in [-0.39, 0.29) is 10.8 Å². The quantitative estimate of drug-likeness (QED) is 0.750. The van der Waals surface area contributed by atoms with Crippen molar-refractivity contribution in [2.45, 2.75) is 20.3 Å². The molecule has 2 rings (SSSR count). The summed E-state index contributed by atoms with van der Waals surface area (Å²) in [7, 11) is 0. The van der Waals surface area contributed by atoms with E-state index < -0.39 is 5.91 Å². The van der Waals surface area contributed by atoms with Gasteiger partial charge in [-0.05, 0) is 25.0 Å². The maximum atomic E-state index is 12.1. The second kappa shape index (κ2) is 5.27. The first-order valence-electron chi connectivity index (χ1n) is 5.79. The van der Waals surface area contributed by atoms with E-state index >= 15 is 0 Å². The fourth-order valence-electron chi connectivity index (χ4n) is 1.65. The van der Waals surface area contributed by atoms with E-state index in [9.17, 15) is 4.79 Å². The van der Waals surface area contributed by atoms with Crippen molar-refractivity contribution in [1.29, 1.82) is 0 Å². The molecule has 0 spiro atoms. The highest BCUT2D eigenvalue weighted by molar-refractivity contribution is 6.32. The smallest absolute Gasteiger partial charge is 0.278 e. The monoisotopic (exact) mass is 279 g/mol. The van der Waals surface area contributed by atoms with Crippen LogP contribution in [-0.2, 0) is 6.42 Å². The molecule has 4 N–H and O–H groups in total. The summed E-state index contributed by atoms with van der Waals surface area (Å²) in [5.74, 6) is -0.414. The van der Waals surface area contributed by atoms with Gasteiger partial charge in [-0.15, -0.1) is 0 Å². The molecule has 2 heterocycles. The van der Waals surface area contributed by atoms with Crippen LogP contribution in [0.5, 0.6) is 0 Å². The van der Waals surface area contributed by atoms with Gasteiger partial charge in [-0.25, -0.2) is 4.98 Å². The first-order chi connectivity index (χ1) is 9.02. The number of nitrogens with two attached hydrogens (primary N) is 1. The molecule has 0 atom stereocenters. The van der Waals surface area contributed by atoms with Crippen LogP contribution < -0.4 is 11.1 Å². The minimum absolute atomic E-state index is 0.162. The molecule has 19 heavy (non-hydrogen) atoms. The average molecular weight is 280 g/mol. The van der Waals surface area contributed by atoms with Crippen LogP contribution in [0.4, 0.5) is 11.4 Å². The van der Waals surface area contributed by atoms with Gasteiger partial charge in [0.2, 0.25) is 0 Å². The maximum absolute atomic E-state index is 12.1. The number of nitrogens with zero attached hydrogens (tertiary/aromatic N) is 2. The molecule has 0 aromatic carbocycles. The molecule has 1 amide bonds. The number of hydrogen-bond donors (Lipinski definition) is 3. The second-order valence-corrected chi connectivity index (χ2v) is 4.48. The molecular formula is C12H14ClN5O. The highest BCUT2D eigenvalue weighted by atomic mass is 35.5. The van der Waals surface area contributed by atoms with Crippen molar-refractivity contribution in [1.82, 2.24) is 15.2 Å². The third-order valence-corrected chi connectivity index (χ3v) is 2.98. The van der Waals surface area contributed by atoms with Gasteiger partial charge in [-0.1, -0.05) is 18.5 Å². The molecule has 7 heteroatoms. The lowest BCUT2D eigenvalue weighted by Gasteiger charge is -2.06. The molecule has 2 aromatic heterocycles. The van der Waals surface area contributed by atoms with E-state index in [0.29, 0.717) is 17.8 Å². The maximum Gasteiger partial charge on any atom is 0.278 e. The summed E-state index contributed by atoms with van der Waals surface area (Å²) in [5, 5.41) is 9.52. The summed E-state index contributed by atoms with van der Waals surface area (Å²) in [6, 6.07) is 1.73. The number of halogens is 1. The van der Waals surface area contributed by atoms with Gasteiger partial charge in [0.25, 0.3) is 5.91 Å². The number of pyridine rings is 1. The Balaban J connectivity index is 2.25. The number of aromatic amines is 1. The van der Waals surface area contributed by atoms with E-state index in [1.807, 2.05) is 13.8 Å². The number of carbonyl (C=O) groups excluding carboxylic acids is 1. The van der Waals surface area contributed by atoms with Crippen LogP contribution in [0.1, 0.15) is 28.7 Å². The van der Waals surface area contributed by atoms with Crippen molar-refractivity contribution >= 4 is 28.9 Å². The minimum atomic E-state index is -0.414. The van der Waals surface area contributed by atoms with Crippen molar-refractivity contribution < 1.29 is 4.79 Å². The summed E-state index contributed by atoms with van der Waals surface area (Å²) < 4.78 is 0. The molecule has 2 aromatic rings. The summed E-state index contributed by atoms with van der Waals surface area (Å²) in [5.41, 5.74) is 8.42. The van der Waals surface area contributed by atoms with E-state index in [0.717, 1.165) is 11.3 Å². The lowest BCUT2D eigenvalue weighted by atomic mass is 10.2. The highest BCUT2D eigenvalue weighted by Gasteiger charge is 2.17. The van der Waals surface area contributed by atoms with Crippen molar-refractivity contribution in [2.24, 2.45) is 0 Å². The van der Waals surface area contributed by atoms with E-state index in [1.165, 1.54) is 0 Å². The number of nitrogen functional groups attached to an aromatic ring is 1. The summed E-state index contributed by atoms with van der Waals surface area (Å²) in [4.78, 5) is 16.0. The number of aromatic nitrogens is 3. The number of carbonyl (C=O) groups is 1. The van der Waals surface area contributed by atoms with Crippen LogP contribution in [-0.4, -0.2) is 21.1 Å². The predicted octanol–water partition coefficient (Wildman–Crippen LogP) is 2.16. The molecular weight excluding hydrogens is 266 g/mol. The Morgan fingerprint density at radius 2 is 2.32 bits per heavy atom.